The van der Waals surface area contributed by atoms with Crippen molar-refractivity contribution in [3.8, 4) is 0 Å². The highest BCUT2D eigenvalue weighted by Crippen LogP contribution is 2.32. The molecule has 2 aliphatic rings. The lowest BCUT2D eigenvalue weighted by Gasteiger charge is -2.25. The van der Waals surface area contributed by atoms with Crippen LogP contribution in [0.3, 0.4) is 0 Å². The molecule has 0 aromatic rings. The van der Waals surface area contributed by atoms with Crippen LogP contribution in [-0.2, 0) is 4.84 Å². The van der Waals surface area contributed by atoms with Crippen molar-refractivity contribution in [2.45, 2.75) is 45.1 Å². The van der Waals surface area contributed by atoms with Crippen molar-refractivity contribution in [3.63, 3.8) is 0 Å². The maximum absolute atomic E-state index is 5.74. The second-order valence-electron chi connectivity index (χ2n) is 4.63. The fourth-order valence-corrected chi connectivity index (χ4v) is 2.53. The van der Waals surface area contributed by atoms with Gasteiger partial charge in [-0.2, -0.15) is 0 Å². The molecular weight excluding hydrogens is 198 g/mol. The Morgan fingerprint density at radius 1 is 1.36 bits per heavy atom. The third-order valence-corrected chi connectivity index (χ3v) is 3.76. The molecule has 1 saturated carbocycles. The van der Waals surface area contributed by atoms with Crippen molar-refractivity contribution in [1.29, 1.82) is 0 Å². The van der Waals surface area contributed by atoms with Crippen molar-refractivity contribution >= 4 is 17.3 Å². The fourth-order valence-electron chi connectivity index (χ4n) is 2.37. The first-order chi connectivity index (χ1) is 6.79. The van der Waals surface area contributed by atoms with Gasteiger partial charge in [0.15, 0.2) is 0 Å². The summed E-state index contributed by atoms with van der Waals surface area (Å²) in [4.78, 5) is 5.25. The van der Waals surface area contributed by atoms with Crippen LogP contribution in [0.5, 0.6) is 0 Å². The molecule has 0 aromatic carbocycles. The van der Waals surface area contributed by atoms with Gasteiger partial charge in [0.25, 0.3) is 0 Å². The molecule has 3 heteroatoms. The van der Waals surface area contributed by atoms with Crippen molar-refractivity contribution in [2.24, 2.45) is 17.0 Å². The largest absolute Gasteiger partial charge is 0.391 e. The Kier molecular flexibility index (Phi) is 3.32. The van der Waals surface area contributed by atoms with E-state index >= 15 is 0 Å². The molecule has 1 atom stereocenters. The van der Waals surface area contributed by atoms with E-state index in [1.807, 2.05) is 0 Å². The van der Waals surface area contributed by atoms with Crippen LogP contribution in [0, 0.1) is 11.8 Å². The van der Waals surface area contributed by atoms with Gasteiger partial charge in [-0.25, -0.2) is 0 Å². The molecular formula is C11H18ClNO. The predicted molar refractivity (Wildman–Crippen MR) is 58.8 cm³/mol. The van der Waals surface area contributed by atoms with Gasteiger partial charge in [-0.15, -0.1) is 11.6 Å². The Hall–Kier alpha value is -0.240. The molecule has 2 nitrogen and oxygen atoms in total. The van der Waals surface area contributed by atoms with Gasteiger partial charge in [-0.05, 0) is 18.8 Å². The van der Waals surface area contributed by atoms with Gasteiger partial charge in [-0.1, -0.05) is 24.9 Å². The van der Waals surface area contributed by atoms with E-state index in [4.69, 9.17) is 16.4 Å². The Morgan fingerprint density at radius 2 is 2.07 bits per heavy atom. The number of nitrogens with zero attached hydrogens (tertiary/aromatic N) is 1. The van der Waals surface area contributed by atoms with Crippen LogP contribution in [0.25, 0.3) is 0 Å². The third kappa shape index (κ3) is 2.22. The van der Waals surface area contributed by atoms with E-state index < -0.39 is 0 Å². The van der Waals surface area contributed by atoms with Crippen LogP contribution in [-0.4, -0.2) is 17.7 Å². The molecule has 0 spiro atoms. The summed E-state index contributed by atoms with van der Waals surface area (Å²) < 4.78 is 0. The molecule has 0 N–H and O–H groups in total. The summed E-state index contributed by atoms with van der Waals surface area (Å²) in [7, 11) is 0. The SMILES string of the molecule is CC1CCC(C2=NOC(CCl)C2)CC1. The van der Waals surface area contributed by atoms with Crippen LogP contribution in [0.4, 0.5) is 0 Å². The van der Waals surface area contributed by atoms with E-state index in [1.165, 1.54) is 31.4 Å². The maximum Gasteiger partial charge on any atom is 0.146 e. The number of hydrogen-bond acceptors (Lipinski definition) is 2. The summed E-state index contributed by atoms with van der Waals surface area (Å²) in [5.74, 6) is 2.15. The van der Waals surface area contributed by atoms with Gasteiger partial charge in [0, 0.05) is 12.3 Å². The average molecular weight is 216 g/mol. The summed E-state index contributed by atoms with van der Waals surface area (Å²) in [6, 6.07) is 0. The summed E-state index contributed by atoms with van der Waals surface area (Å²) in [5.41, 5.74) is 1.27. The second kappa shape index (κ2) is 4.52. The van der Waals surface area contributed by atoms with Crippen molar-refractivity contribution in [3.05, 3.63) is 0 Å². The van der Waals surface area contributed by atoms with Crippen LogP contribution < -0.4 is 0 Å². The Balaban J connectivity index is 1.85. The number of oxime groups is 1. The van der Waals surface area contributed by atoms with E-state index in [0.29, 0.717) is 11.8 Å². The minimum Gasteiger partial charge on any atom is -0.391 e. The minimum absolute atomic E-state index is 0.144. The van der Waals surface area contributed by atoms with Crippen LogP contribution in [0.2, 0.25) is 0 Å². The van der Waals surface area contributed by atoms with E-state index in [-0.39, 0.29) is 6.10 Å². The first kappa shape index (κ1) is 10.3. The van der Waals surface area contributed by atoms with Crippen LogP contribution >= 0.6 is 11.6 Å². The standard InChI is InChI=1S/C11H18ClNO/c1-8-2-4-9(5-3-8)11-6-10(7-12)14-13-11/h8-10H,2-7H2,1H3. The molecule has 0 bridgehead atoms. The Labute approximate surface area is 90.6 Å². The van der Waals surface area contributed by atoms with Gasteiger partial charge in [0.1, 0.15) is 6.10 Å². The molecule has 14 heavy (non-hydrogen) atoms. The van der Waals surface area contributed by atoms with Crippen molar-refractivity contribution in [1.82, 2.24) is 0 Å². The number of alkyl halides is 1. The van der Waals surface area contributed by atoms with Gasteiger partial charge >= 0.3 is 0 Å². The zero-order chi connectivity index (χ0) is 9.97. The molecule has 0 saturated heterocycles. The van der Waals surface area contributed by atoms with E-state index in [1.54, 1.807) is 0 Å². The molecule has 1 aliphatic heterocycles. The molecule has 1 aliphatic carbocycles. The van der Waals surface area contributed by atoms with E-state index in [9.17, 15) is 0 Å². The van der Waals surface area contributed by atoms with Crippen molar-refractivity contribution < 1.29 is 4.84 Å². The lowest BCUT2D eigenvalue weighted by atomic mass is 9.80. The number of rotatable bonds is 2. The smallest absolute Gasteiger partial charge is 0.146 e. The Bertz CT molecular complexity index is 221. The monoisotopic (exact) mass is 215 g/mol. The predicted octanol–water partition coefficient (Wildman–Crippen LogP) is 3.20. The first-order valence-corrected chi connectivity index (χ1v) is 6.11. The van der Waals surface area contributed by atoms with Gasteiger partial charge in [0.05, 0.1) is 11.6 Å². The summed E-state index contributed by atoms with van der Waals surface area (Å²) in [5, 5.41) is 4.17. The van der Waals surface area contributed by atoms with Crippen LogP contribution in [0.1, 0.15) is 39.0 Å². The molecule has 0 amide bonds. The molecule has 1 fully saturated rings. The highest BCUT2D eigenvalue weighted by molar-refractivity contribution is 6.18. The van der Waals surface area contributed by atoms with Crippen molar-refractivity contribution in [2.75, 3.05) is 5.88 Å². The number of hydrogen-bond donors (Lipinski definition) is 0. The number of halogens is 1. The third-order valence-electron chi connectivity index (χ3n) is 3.42. The molecule has 80 valence electrons. The molecule has 1 heterocycles. The summed E-state index contributed by atoms with van der Waals surface area (Å²) in [6.07, 6.45) is 6.37. The first-order valence-electron chi connectivity index (χ1n) is 5.58. The quantitative estimate of drug-likeness (QED) is 0.649. The van der Waals surface area contributed by atoms with Gasteiger partial charge in [-0.3, -0.25) is 0 Å². The Morgan fingerprint density at radius 3 is 2.64 bits per heavy atom. The van der Waals surface area contributed by atoms with E-state index in [2.05, 4.69) is 12.1 Å². The maximum atomic E-state index is 5.74. The molecule has 2 rings (SSSR count). The zero-order valence-corrected chi connectivity index (χ0v) is 9.46. The molecule has 1 unspecified atom stereocenters. The lowest BCUT2D eigenvalue weighted by molar-refractivity contribution is 0.102. The van der Waals surface area contributed by atoms with Crippen LogP contribution in [0.15, 0.2) is 5.16 Å². The van der Waals surface area contributed by atoms with Gasteiger partial charge < -0.3 is 4.84 Å². The minimum atomic E-state index is 0.144. The summed E-state index contributed by atoms with van der Waals surface area (Å²) >= 11 is 5.74. The topological polar surface area (TPSA) is 21.6 Å². The van der Waals surface area contributed by atoms with Gasteiger partial charge in [0.2, 0.25) is 0 Å². The normalized spacial score (nSPS) is 37.9. The highest BCUT2D eigenvalue weighted by atomic mass is 35.5. The van der Waals surface area contributed by atoms with E-state index in [0.717, 1.165) is 12.3 Å². The highest BCUT2D eigenvalue weighted by Gasteiger charge is 2.29. The molecule has 0 radical (unpaired) electrons. The second-order valence-corrected chi connectivity index (χ2v) is 4.93. The average Bonchev–Trinajstić information content (AvgIpc) is 2.67. The summed E-state index contributed by atoms with van der Waals surface area (Å²) in [6.45, 7) is 2.34. The zero-order valence-electron chi connectivity index (χ0n) is 8.71. The molecule has 0 aromatic heterocycles. The lowest BCUT2D eigenvalue weighted by Crippen LogP contribution is -2.21. The fraction of sp³-hybridized carbons (Fsp3) is 0.909.